The Morgan fingerprint density at radius 2 is 1.88 bits per heavy atom. The molecule has 33 heavy (non-hydrogen) atoms. The highest BCUT2D eigenvalue weighted by atomic mass is 32.2. The minimum absolute atomic E-state index is 0.126. The van der Waals surface area contributed by atoms with Gasteiger partial charge in [-0.25, -0.2) is 0 Å². The molecule has 0 aliphatic heterocycles. The lowest BCUT2D eigenvalue weighted by Crippen LogP contribution is -2.12. The number of ether oxygens (including phenoxy) is 3. The van der Waals surface area contributed by atoms with Crippen LogP contribution in [0.25, 0.3) is 10.9 Å². The second-order valence-corrected chi connectivity index (χ2v) is 8.25. The van der Waals surface area contributed by atoms with Gasteiger partial charge in [0, 0.05) is 36.8 Å². The lowest BCUT2D eigenvalue weighted by molar-refractivity contribution is -0.137. The van der Waals surface area contributed by atoms with Gasteiger partial charge < -0.3 is 18.6 Å². The number of pyridine rings is 1. The van der Waals surface area contributed by atoms with E-state index < -0.39 is 18.0 Å². The molecule has 2 aromatic heterocycles. The van der Waals surface area contributed by atoms with Gasteiger partial charge in [-0.1, -0.05) is 6.07 Å². The van der Waals surface area contributed by atoms with Gasteiger partial charge in [0.25, 0.3) is 0 Å². The van der Waals surface area contributed by atoms with Crippen molar-refractivity contribution < 1.29 is 31.8 Å². The predicted octanol–water partition coefficient (Wildman–Crippen LogP) is 5.84. The average molecular weight is 484 g/mol. The summed E-state index contributed by atoms with van der Waals surface area (Å²) in [7, 11) is 2.88. The molecule has 0 spiro atoms. The Balaban J connectivity index is 1.43. The van der Waals surface area contributed by atoms with Crippen LogP contribution in [0, 0.1) is 0 Å². The lowest BCUT2D eigenvalue weighted by Gasteiger charge is -2.12. The van der Waals surface area contributed by atoms with Gasteiger partial charge in [-0.15, -0.1) is 11.8 Å². The van der Waals surface area contributed by atoms with Gasteiger partial charge in [0.2, 0.25) is 17.5 Å². The van der Waals surface area contributed by atoms with E-state index in [1.165, 1.54) is 38.8 Å². The molecule has 0 aliphatic carbocycles. The highest BCUT2D eigenvalue weighted by molar-refractivity contribution is 7.99. The summed E-state index contributed by atoms with van der Waals surface area (Å²) < 4.78 is 59.6. The number of aromatic nitrogens is 1. The van der Waals surface area contributed by atoms with Crippen molar-refractivity contribution in [2.75, 3.05) is 26.6 Å². The molecule has 0 amide bonds. The van der Waals surface area contributed by atoms with E-state index in [0.717, 1.165) is 42.0 Å². The van der Waals surface area contributed by atoms with Crippen LogP contribution in [0.5, 0.6) is 5.75 Å². The van der Waals surface area contributed by atoms with Gasteiger partial charge in [-0.2, -0.15) is 13.2 Å². The van der Waals surface area contributed by atoms with Crippen molar-refractivity contribution in [3.8, 4) is 5.75 Å². The summed E-state index contributed by atoms with van der Waals surface area (Å²) in [4.78, 5) is 17.1. The largest absolute Gasteiger partial charge is 0.487 e. The van der Waals surface area contributed by atoms with E-state index >= 15 is 0 Å². The van der Waals surface area contributed by atoms with E-state index in [1.807, 2.05) is 6.07 Å². The Morgan fingerprint density at radius 1 is 1.09 bits per heavy atom. The molecule has 6 nitrogen and oxygen atoms in total. The Kier molecular flexibility index (Phi) is 8.76. The van der Waals surface area contributed by atoms with Gasteiger partial charge in [0.05, 0.1) is 17.7 Å². The summed E-state index contributed by atoms with van der Waals surface area (Å²) in [6.45, 7) is 0.366. The molecule has 3 rings (SSSR count). The first-order valence-corrected chi connectivity index (χ1v) is 11.2. The number of nitrogens with zero attached hydrogens (tertiary/aromatic N) is 1. The monoisotopic (exact) mass is 483 g/mol. The molecule has 3 aromatic rings. The molecule has 1 aromatic carbocycles. The molecule has 0 fully saturated rings. The fraction of sp³-hybridized carbons (Fsp3) is 0.391. The van der Waals surface area contributed by atoms with Crippen LogP contribution in [0.2, 0.25) is 0 Å². The predicted molar refractivity (Wildman–Crippen MR) is 119 cm³/mol. The number of alkyl halides is 3. The van der Waals surface area contributed by atoms with E-state index in [1.54, 1.807) is 11.8 Å². The summed E-state index contributed by atoms with van der Waals surface area (Å²) >= 11 is 1.58. The van der Waals surface area contributed by atoms with E-state index in [2.05, 4.69) is 4.98 Å². The SMILES string of the molecule is COC(OC)c1cc(=O)c(OCCCCCSc2ccnc3cc(C(F)(F)F)ccc23)co1. The molecular formula is C23H24F3NO5S. The average Bonchev–Trinajstić information content (AvgIpc) is 2.79. The van der Waals surface area contributed by atoms with Crippen LogP contribution in [0.1, 0.15) is 36.9 Å². The number of fused-ring (bicyclic) bond motifs is 1. The number of hydrogen-bond donors (Lipinski definition) is 0. The van der Waals surface area contributed by atoms with Crippen LogP contribution in [0.3, 0.4) is 0 Å². The molecule has 0 aliphatic rings. The Morgan fingerprint density at radius 3 is 2.58 bits per heavy atom. The van der Waals surface area contributed by atoms with Gasteiger partial charge in [-0.3, -0.25) is 9.78 Å². The quantitative estimate of drug-likeness (QED) is 0.193. The number of methoxy groups -OCH3 is 2. The smallest absolute Gasteiger partial charge is 0.416 e. The van der Waals surface area contributed by atoms with E-state index in [0.29, 0.717) is 17.5 Å². The van der Waals surface area contributed by atoms with E-state index in [4.69, 9.17) is 18.6 Å². The number of hydrogen-bond acceptors (Lipinski definition) is 7. The Labute approximate surface area is 193 Å². The second-order valence-electron chi connectivity index (χ2n) is 7.11. The first-order chi connectivity index (χ1) is 15.8. The standard InChI is InChI=1S/C23H24F3NO5S/c1-29-22(30-2)19-13-18(28)20(14-32-19)31-10-4-3-5-11-33-21-8-9-27-17-12-15(23(24,25)26)6-7-16(17)21/h6-9,12-14,22H,3-5,10-11H2,1-2H3. The van der Waals surface area contributed by atoms with Gasteiger partial charge in [-0.05, 0) is 43.2 Å². The highest BCUT2D eigenvalue weighted by Gasteiger charge is 2.30. The molecule has 0 atom stereocenters. The van der Waals surface area contributed by atoms with Crippen molar-refractivity contribution in [3.05, 3.63) is 64.3 Å². The van der Waals surface area contributed by atoms with Crippen LogP contribution in [-0.2, 0) is 15.7 Å². The maximum atomic E-state index is 12.9. The number of unbranched alkanes of at least 4 members (excludes halogenated alkanes) is 2. The van der Waals surface area contributed by atoms with Crippen molar-refractivity contribution in [2.45, 2.75) is 36.6 Å². The lowest BCUT2D eigenvalue weighted by atomic mass is 10.1. The molecule has 2 heterocycles. The minimum atomic E-state index is -4.39. The summed E-state index contributed by atoms with van der Waals surface area (Å²) in [6.07, 6.45) is 0.123. The molecule has 0 radical (unpaired) electrons. The zero-order chi connectivity index (χ0) is 23.8. The highest BCUT2D eigenvalue weighted by Crippen LogP contribution is 2.34. The Bertz CT molecular complexity index is 1120. The molecule has 0 saturated carbocycles. The van der Waals surface area contributed by atoms with Crippen molar-refractivity contribution in [3.63, 3.8) is 0 Å². The Hall–Kier alpha value is -2.56. The minimum Gasteiger partial charge on any atom is -0.487 e. The summed E-state index contributed by atoms with van der Waals surface area (Å²) in [5.41, 5.74) is -0.690. The van der Waals surface area contributed by atoms with Crippen molar-refractivity contribution in [1.29, 1.82) is 0 Å². The summed E-state index contributed by atoms with van der Waals surface area (Å²) in [5.74, 6) is 1.18. The molecule has 178 valence electrons. The van der Waals surface area contributed by atoms with E-state index in [9.17, 15) is 18.0 Å². The van der Waals surface area contributed by atoms with Crippen LogP contribution in [0.15, 0.2) is 56.9 Å². The van der Waals surface area contributed by atoms with Crippen LogP contribution in [0.4, 0.5) is 13.2 Å². The second kappa shape index (κ2) is 11.5. The van der Waals surface area contributed by atoms with Crippen molar-refractivity contribution in [1.82, 2.24) is 4.98 Å². The fourth-order valence-electron chi connectivity index (χ4n) is 3.14. The van der Waals surface area contributed by atoms with Gasteiger partial charge in [0.15, 0.2) is 5.76 Å². The number of benzene rings is 1. The number of thioether (sulfide) groups is 1. The molecular weight excluding hydrogens is 459 g/mol. The molecule has 0 bridgehead atoms. The third-order valence-corrected chi connectivity index (χ3v) is 5.97. The van der Waals surface area contributed by atoms with Crippen molar-refractivity contribution in [2.24, 2.45) is 0 Å². The van der Waals surface area contributed by atoms with Crippen LogP contribution >= 0.6 is 11.8 Å². The maximum absolute atomic E-state index is 12.9. The third-order valence-electron chi connectivity index (χ3n) is 4.81. The normalized spacial score (nSPS) is 11.9. The van der Waals surface area contributed by atoms with Gasteiger partial charge >= 0.3 is 6.18 Å². The number of halogens is 3. The molecule has 0 unspecified atom stereocenters. The van der Waals surface area contributed by atoms with Crippen molar-refractivity contribution >= 4 is 22.7 Å². The number of rotatable bonds is 11. The first-order valence-electron chi connectivity index (χ1n) is 10.2. The molecule has 0 saturated heterocycles. The molecule has 0 N–H and O–H groups in total. The van der Waals surface area contributed by atoms with Crippen LogP contribution in [-0.4, -0.2) is 31.6 Å². The fourth-order valence-corrected chi connectivity index (χ4v) is 4.19. The first kappa shape index (κ1) is 25.1. The van der Waals surface area contributed by atoms with Gasteiger partial charge in [0.1, 0.15) is 6.26 Å². The zero-order valence-corrected chi connectivity index (χ0v) is 19.0. The summed E-state index contributed by atoms with van der Waals surface area (Å²) in [5, 5.41) is 0.707. The zero-order valence-electron chi connectivity index (χ0n) is 18.2. The third kappa shape index (κ3) is 6.72. The molecule has 10 heteroatoms. The van der Waals surface area contributed by atoms with Crippen LogP contribution < -0.4 is 10.2 Å². The van der Waals surface area contributed by atoms with E-state index in [-0.39, 0.29) is 16.9 Å². The maximum Gasteiger partial charge on any atom is 0.416 e. The summed E-state index contributed by atoms with van der Waals surface area (Å²) in [6, 6.07) is 6.72. The topological polar surface area (TPSA) is 70.8 Å².